The molecular weight excluding hydrogens is 512 g/mol. The number of nitrogens with zero attached hydrogens (tertiary/aromatic N) is 3. The zero-order valence-electron chi connectivity index (χ0n) is 21.3. The maximum Gasteiger partial charge on any atom is 0.410 e. The molecule has 0 radical (unpaired) electrons. The van der Waals surface area contributed by atoms with Gasteiger partial charge in [-0.2, -0.15) is 0 Å². The van der Waals surface area contributed by atoms with Gasteiger partial charge in [-0.3, -0.25) is 5.32 Å². The number of hydrogen-bond donors (Lipinski definition) is 2. The van der Waals surface area contributed by atoms with Crippen LogP contribution >= 0.6 is 11.6 Å². The van der Waals surface area contributed by atoms with Gasteiger partial charge in [0.1, 0.15) is 39.8 Å². The lowest BCUT2D eigenvalue weighted by atomic mass is 10.1. The molecule has 4 rings (SSSR count). The first-order valence-corrected chi connectivity index (χ1v) is 11.9. The van der Waals surface area contributed by atoms with E-state index in [0.717, 1.165) is 11.1 Å². The Bertz CT molecular complexity index is 1410. The van der Waals surface area contributed by atoms with E-state index < -0.39 is 6.09 Å². The molecule has 0 spiro atoms. The Morgan fingerprint density at radius 1 is 0.895 bits per heavy atom. The topological polar surface area (TPSA) is 115 Å². The highest BCUT2D eigenvalue weighted by atomic mass is 35.5. The second-order valence-electron chi connectivity index (χ2n) is 8.20. The molecule has 0 fully saturated rings. The van der Waals surface area contributed by atoms with E-state index in [2.05, 4.69) is 15.3 Å². The van der Waals surface area contributed by atoms with Gasteiger partial charge in [0.15, 0.2) is 0 Å². The zero-order valence-corrected chi connectivity index (χ0v) is 22.1. The Morgan fingerprint density at radius 3 is 1.97 bits per heavy atom. The standard InChI is InChI=1S/C27H27ClN4O6/c1-35-19-7-5-16(22(11-19)37-3)14-32(15-17-6-8-20(36-2)12-23(17)38-4)26-21-13-29-25(31-27(33)34)10-18(21)9-24(28)30-26/h5-13H,14-15H2,1-4H3,(H,29,31)(H,33,34). The van der Waals surface area contributed by atoms with Crippen LogP contribution in [0.3, 0.4) is 0 Å². The highest BCUT2D eigenvalue weighted by molar-refractivity contribution is 6.30. The van der Waals surface area contributed by atoms with Crippen molar-refractivity contribution in [1.29, 1.82) is 0 Å². The molecule has 2 heterocycles. The summed E-state index contributed by atoms with van der Waals surface area (Å²) in [6.45, 7) is 0.778. The van der Waals surface area contributed by atoms with Crippen molar-refractivity contribution < 1.29 is 28.8 Å². The molecule has 38 heavy (non-hydrogen) atoms. The summed E-state index contributed by atoms with van der Waals surface area (Å²) in [4.78, 5) is 22.1. The molecule has 0 bridgehead atoms. The van der Waals surface area contributed by atoms with Crippen LogP contribution in [0.5, 0.6) is 23.0 Å². The molecule has 0 atom stereocenters. The van der Waals surface area contributed by atoms with E-state index in [1.165, 1.54) is 0 Å². The predicted molar refractivity (Wildman–Crippen MR) is 145 cm³/mol. The van der Waals surface area contributed by atoms with Crippen LogP contribution in [0.1, 0.15) is 11.1 Å². The minimum absolute atomic E-state index is 0.179. The molecule has 0 saturated heterocycles. The van der Waals surface area contributed by atoms with Crippen LogP contribution in [0.4, 0.5) is 16.4 Å². The molecule has 0 unspecified atom stereocenters. The summed E-state index contributed by atoms with van der Waals surface area (Å²) in [5, 5.41) is 13.0. The Hall–Kier alpha value is -4.44. The summed E-state index contributed by atoms with van der Waals surface area (Å²) < 4.78 is 22.0. The van der Waals surface area contributed by atoms with E-state index >= 15 is 0 Å². The number of hydrogen-bond acceptors (Lipinski definition) is 8. The third-order valence-electron chi connectivity index (χ3n) is 5.91. The van der Waals surface area contributed by atoms with Crippen LogP contribution in [-0.4, -0.2) is 49.6 Å². The number of aromatic nitrogens is 2. The van der Waals surface area contributed by atoms with Gasteiger partial charge in [-0.1, -0.05) is 11.6 Å². The van der Waals surface area contributed by atoms with Crippen molar-refractivity contribution >= 4 is 40.1 Å². The van der Waals surface area contributed by atoms with Gasteiger partial charge in [-0.15, -0.1) is 0 Å². The number of carbonyl (C=O) groups is 1. The highest BCUT2D eigenvalue weighted by Crippen LogP contribution is 2.35. The molecule has 11 heteroatoms. The smallest absolute Gasteiger partial charge is 0.410 e. The molecule has 0 aliphatic heterocycles. The molecule has 2 aromatic heterocycles. The molecule has 0 aliphatic carbocycles. The van der Waals surface area contributed by atoms with E-state index in [1.807, 2.05) is 41.3 Å². The van der Waals surface area contributed by atoms with Crippen LogP contribution in [0, 0.1) is 0 Å². The van der Waals surface area contributed by atoms with Crippen molar-refractivity contribution in [2.75, 3.05) is 38.7 Å². The van der Waals surface area contributed by atoms with Gasteiger partial charge in [0, 0.05) is 47.9 Å². The van der Waals surface area contributed by atoms with Crippen LogP contribution < -0.4 is 29.2 Å². The minimum Gasteiger partial charge on any atom is -0.497 e. The third-order valence-corrected chi connectivity index (χ3v) is 6.10. The number of rotatable bonds is 10. The Labute approximate surface area is 224 Å². The maximum absolute atomic E-state index is 11.1. The number of halogens is 1. The fraction of sp³-hybridized carbons (Fsp3) is 0.222. The van der Waals surface area contributed by atoms with E-state index in [4.69, 9.17) is 35.7 Å². The van der Waals surface area contributed by atoms with E-state index in [9.17, 15) is 4.79 Å². The summed E-state index contributed by atoms with van der Waals surface area (Å²) in [6.07, 6.45) is 0.361. The van der Waals surface area contributed by atoms with Gasteiger partial charge in [0.2, 0.25) is 0 Å². The SMILES string of the molecule is COc1ccc(CN(Cc2ccc(OC)cc2OC)c2nc(Cl)cc3cc(NC(=O)O)ncc23)c(OC)c1. The first-order valence-electron chi connectivity index (χ1n) is 11.5. The lowest BCUT2D eigenvalue weighted by Gasteiger charge is -2.27. The van der Waals surface area contributed by atoms with Crippen molar-refractivity contribution in [2.24, 2.45) is 0 Å². The van der Waals surface area contributed by atoms with Crippen LogP contribution in [0.15, 0.2) is 54.7 Å². The number of methoxy groups -OCH3 is 4. The molecule has 2 aromatic carbocycles. The normalized spacial score (nSPS) is 10.7. The van der Waals surface area contributed by atoms with Crippen molar-refractivity contribution in [3.05, 3.63) is 71.0 Å². The first-order chi connectivity index (χ1) is 18.3. The van der Waals surface area contributed by atoms with E-state index in [0.29, 0.717) is 52.7 Å². The first kappa shape index (κ1) is 26.6. The van der Waals surface area contributed by atoms with Gasteiger partial charge >= 0.3 is 6.09 Å². The van der Waals surface area contributed by atoms with Gasteiger partial charge < -0.3 is 29.0 Å². The fourth-order valence-electron chi connectivity index (χ4n) is 4.10. The number of carboxylic acid groups (broad SMARTS) is 1. The molecule has 10 nitrogen and oxygen atoms in total. The predicted octanol–water partition coefficient (Wildman–Crippen LogP) is 5.61. The average molecular weight is 539 g/mol. The molecule has 0 saturated carbocycles. The number of amides is 1. The number of fused-ring (bicyclic) bond motifs is 1. The molecule has 0 aliphatic rings. The summed E-state index contributed by atoms with van der Waals surface area (Å²) >= 11 is 6.45. The zero-order chi connectivity index (χ0) is 27.2. The van der Waals surface area contributed by atoms with Crippen LogP contribution in [0.2, 0.25) is 5.15 Å². The molecule has 198 valence electrons. The molecular formula is C27H27ClN4O6. The van der Waals surface area contributed by atoms with E-state index in [-0.39, 0.29) is 11.0 Å². The number of pyridine rings is 2. The Morgan fingerprint density at radius 2 is 1.47 bits per heavy atom. The van der Waals surface area contributed by atoms with Crippen LogP contribution in [0.25, 0.3) is 10.8 Å². The summed E-state index contributed by atoms with van der Waals surface area (Å²) in [5.74, 6) is 3.36. The van der Waals surface area contributed by atoms with Gasteiger partial charge in [0.05, 0.1) is 28.4 Å². The number of nitrogens with one attached hydrogen (secondary N) is 1. The van der Waals surface area contributed by atoms with Crippen molar-refractivity contribution in [3.63, 3.8) is 0 Å². The quantitative estimate of drug-likeness (QED) is 0.248. The fourth-order valence-corrected chi connectivity index (χ4v) is 4.30. The number of benzene rings is 2. The Balaban J connectivity index is 1.85. The monoisotopic (exact) mass is 538 g/mol. The summed E-state index contributed by atoms with van der Waals surface area (Å²) in [6, 6.07) is 14.5. The second-order valence-corrected chi connectivity index (χ2v) is 8.59. The lowest BCUT2D eigenvalue weighted by Crippen LogP contribution is -2.24. The summed E-state index contributed by atoms with van der Waals surface area (Å²) in [7, 11) is 6.39. The van der Waals surface area contributed by atoms with Crippen molar-refractivity contribution in [2.45, 2.75) is 13.1 Å². The third kappa shape index (κ3) is 5.92. The largest absolute Gasteiger partial charge is 0.497 e. The Kier molecular flexibility index (Phi) is 8.22. The van der Waals surface area contributed by atoms with Crippen LogP contribution in [-0.2, 0) is 13.1 Å². The van der Waals surface area contributed by atoms with Crippen molar-refractivity contribution in [3.8, 4) is 23.0 Å². The maximum atomic E-state index is 11.1. The molecule has 1 amide bonds. The van der Waals surface area contributed by atoms with Gasteiger partial charge in [-0.25, -0.2) is 14.8 Å². The van der Waals surface area contributed by atoms with Gasteiger partial charge in [-0.05, 0) is 41.8 Å². The highest BCUT2D eigenvalue weighted by Gasteiger charge is 2.20. The van der Waals surface area contributed by atoms with Gasteiger partial charge in [0.25, 0.3) is 0 Å². The van der Waals surface area contributed by atoms with E-state index in [1.54, 1.807) is 46.8 Å². The second kappa shape index (κ2) is 11.7. The lowest BCUT2D eigenvalue weighted by molar-refractivity contribution is 0.209. The van der Waals surface area contributed by atoms with Crippen molar-refractivity contribution in [1.82, 2.24) is 9.97 Å². The summed E-state index contributed by atoms with van der Waals surface area (Å²) in [5.41, 5.74) is 1.76. The molecule has 2 N–H and O–H groups in total. The number of anilines is 2. The minimum atomic E-state index is -1.21. The number of ether oxygens (including phenoxy) is 4. The molecule has 4 aromatic rings. The average Bonchev–Trinajstić information content (AvgIpc) is 2.91.